The predicted molar refractivity (Wildman–Crippen MR) is 114 cm³/mol. The molecule has 0 radical (unpaired) electrons. The number of rotatable bonds is 7. The molecule has 29 heavy (non-hydrogen) atoms. The topological polar surface area (TPSA) is 69.7 Å². The maximum atomic E-state index is 12.8. The minimum atomic E-state index is -3.46. The molecule has 1 amide bonds. The molecule has 1 fully saturated rings. The zero-order valence-corrected chi connectivity index (χ0v) is 17.5. The highest BCUT2D eigenvalue weighted by Crippen LogP contribution is 2.19. The minimum absolute atomic E-state index is 0.124. The third-order valence-electron chi connectivity index (χ3n) is 4.99. The molecule has 0 aromatic heterocycles. The van der Waals surface area contributed by atoms with Crippen molar-refractivity contribution in [2.45, 2.75) is 18.4 Å². The second kappa shape index (κ2) is 9.35. The van der Waals surface area contributed by atoms with Crippen LogP contribution in [0.2, 0.25) is 0 Å². The molecule has 1 aliphatic rings. The summed E-state index contributed by atoms with van der Waals surface area (Å²) >= 11 is 0. The SMILES string of the molecule is C=CCNC(=O)c1cccc(CN2CCN(S(=O)(=O)c3ccc(C)cc3)CC2)c1. The van der Waals surface area contributed by atoms with E-state index in [0.717, 1.165) is 11.1 Å². The first-order valence-corrected chi connectivity index (χ1v) is 11.1. The third kappa shape index (κ3) is 5.32. The van der Waals surface area contributed by atoms with E-state index in [-0.39, 0.29) is 5.91 Å². The summed E-state index contributed by atoms with van der Waals surface area (Å²) in [5, 5.41) is 2.78. The van der Waals surface area contributed by atoms with Gasteiger partial charge in [0.2, 0.25) is 10.0 Å². The highest BCUT2D eigenvalue weighted by molar-refractivity contribution is 7.89. The van der Waals surface area contributed by atoms with Crippen molar-refractivity contribution < 1.29 is 13.2 Å². The van der Waals surface area contributed by atoms with Crippen LogP contribution >= 0.6 is 0 Å². The molecule has 2 aromatic rings. The number of carbonyl (C=O) groups excluding carboxylic acids is 1. The smallest absolute Gasteiger partial charge is 0.251 e. The van der Waals surface area contributed by atoms with Crippen LogP contribution in [0, 0.1) is 6.92 Å². The van der Waals surface area contributed by atoms with Crippen LogP contribution in [-0.4, -0.2) is 56.3 Å². The van der Waals surface area contributed by atoms with E-state index in [9.17, 15) is 13.2 Å². The van der Waals surface area contributed by atoms with Gasteiger partial charge in [-0.2, -0.15) is 4.31 Å². The van der Waals surface area contributed by atoms with E-state index in [1.54, 1.807) is 28.6 Å². The monoisotopic (exact) mass is 413 g/mol. The van der Waals surface area contributed by atoms with Crippen molar-refractivity contribution in [1.82, 2.24) is 14.5 Å². The van der Waals surface area contributed by atoms with E-state index >= 15 is 0 Å². The minimum Gasteiger partial charge on any atom is -0.349 e. The Bertz CT molecular complexity index is 963. The summed E-state index contributed by atoms with van der Waals surface area (Å²) in [5.74, 6) is -0.124. The van der Waals surface area contributed by atoms with Crippen LogP contribution in [-0.2, 0) is 16.6 Å². The molecule has 1 aliphatic heterocycles. The van der Waals surface area contributed by atoms with E-state index < -0.39 is 10.0 Å². The zero-order valence-electron chi connectivity index (χ0n) is 16.7. The number of nitrogens with one attached hydrogen (secondary N) is 1. The van der Waals surface area contributed by atoms with Crippen LogP contribution in [0.15, 0.2) is 66.1 Å². The van der Waals surface area contributed by atoms with Gasteiger partial charge in [-0.15, -0.1) is 6.58 Å². The largest absolute Gasteiger partial charge is 0.349 e. The number of sulfonamides is 1. The number of carbonyl (C=O) groups is 1. The molecule has 3 rings (SSSR count). The maximum absolute atomic E-state index is 12.8. The van der Waals surface area contributed by atoms with E-state index in [2.05, 4.69) is 16.8 Å². The quantitative estimate of drug-likeness (QED) is 0.708. The number of hydrogen-bond acceptors (Lipinski definition) is 4. The van der Waals surface area contributed by atoms with Crippen molar-refractivity contribution in [2.24, 2.45) is 0 Å². The summed E-state index contributed by atoms with van der Waals surface area (Å²) in [6.45, 7) is 8.86. The van der Waals surface area contributed by atoms with Crippen molar-refractivity contribution in [1.29, 1.82) is 0 Å². The predicted octanol–water partition coefficient (Wildman–Crippen LogP) is 2.42. The number of aryl methyl sites for hydroxylation is 1. The second-order valence-electron chi connectivity index (χ2n) is 7.19. The number of hydrogen-bond donors (Lipinski definition) is 1. The van der Waals surface area contributed by atoms with Crippen molar-refractivity contribution in [3.8, 4) is 0 Å². The summed E-state index contributed by atoms with van der Waals surface area (Å²) in [4.78, 5) is 14.7. The Balaban J connectivity index is 1.59. The normalized spacial score (nSPS) is 15.8. The number of piperazine rings is 1. The molecular formula is C22H27N3O3S. The van der Waals surface area contributed by atoms with Gasteiger partial charge in [0.05, 0.1) is 4.90 Å². The number of amides is 1. The Hall–Kier alpha value is -2.48. The first kappa shape index (κ1) is 21.2. The Morgan fingerprint density at radius 3 is 2.45 bits per heavy atom. The van der Waals surface area contributed by atoms with Crippen molar-refractivity contribution in [3.63, 3.8) is 0 Å². The Morgan fingerprint density at radius 1 is 1.10 bits per heavy atom. The van der Waals surface area contributed by atoms with Gasteiger partial charge in [-0.3, -0.25) is 9.69 Å². The summed E-state index contributed by atoms with van der Waals surface area (Å²) in [7, 11) is -3.46. The van der Waals surface area contributed by atoms with E-state index in [4.69, 9.17) is 0 Å². The molecule has 1 heterocycles. The summed E-state index contributed by atoms with van der Waals surface area (Å²) < 4.78 is 27.2. The third-order valence-corrected chi connectivity index (χ3v) is 6.91. The first-order chi connectivity index (χ1) is 13.9. The van der Waals surface area contributed by atoms with Gasteiger partial charge in [0.25, 0.3) is 5.91 Å². The molecule has 0 aliphatic carbocycles. The molecule has 6 nitrogen and oxygen atoms in total. The molecule has 0 atom stereocenters. The van der Waals surface area contributed by atoms with Crippen LogP contribution in [0.1, 0.15) is 21.5 Å². The highest BCUT2D eigenvalue weighted by Gasteiger charge is 2.28. The van der Waals surface area contributed by atoms with Crippen molar-refractivity contribution >= 4 is 15.9 Å². The highest BCUT2D eigenvalue weighted by atomic mass is 32.2. The molecule has 154 valence electrons. The molecule has 7 heteroatoms. The fraction of sp³-hybridized carbons (Fsp3) is 0.318. The van der Waals surface area contributed by atoms with Gasteiger partial charge in [-0.1, -0.05) is 35.9 Å². The molecule has 1 N–H and O–H groups in total. The number of nitrogens with zero attached hydrogens (tertiary/aromatic N) is 2. The Kier molecular flexibility index (Phi) is 6.84. The van der Waals surface area contributed by atoms with Gasteiger partial charge >= 0.3 is 0 Å². The van der Waals surface area contributed by atoms with E-state index in [0.29, 0.717) is 49.7 Å². The summed E-state index contributed by atoms with van der Waals surface area (Å²) in [6, 6.07) is 14.5. The van der Waals surface area contributed by atoms with Crippen molar-refractivity contribution in [2.75, 3.05) is 32.7 Å². The van der Waals surface area contributed by atoms with E-state index in [1.165, 1.54) is 0 Å². The lowest BCUT2D eigenvalue weighted by molar-refractivity contribution is 0.0957. The molecule has 0 bridgehead atoms. The summed E-state index contributed by atoms with van der Waals surface area (Å²) in [6.07, 6.45) is 1.64. The Morgan fingerprint density at radius 2 is 1.79 bits per heavy atom. The van der Waals surface area contributed by atoms with Crippen LogP contribution in [0.25, 0.3) is 0 Å². The lowest BCUT2D eigenvalue weighted by Crippen LogP contribution is -2.48. The maximum Gasteiger partial charge on any atom is 0.251 e. The van der Waals surface area contributed by atoms with E-state index in [1.807, 2.05) is 37.3 Å². The van der Waals surface area contributed by atoms with Gasteiger partial charge in [0.1, 0.15) is 0 Å². The van der Waals surface area contributed by atoms with Gasteiger partial charge in [-0.25, -0.2) is 8.42 Å². The summed E-state index contributed by atoms with van der Waals surface area (Å²) in [5.41, 5.74) is 2.69. The van der Waals surface area contributed by atoms with Gasteiger partial charge in [0, 0.05) is 44.8 Å². The lowest BCUT2D eigenvalue weighted by Gasteiger charge is -2.34. The second-order valence-corrected chi connectivity index (χ2v) is 9.13. The first-order valence-electron chi connectivity index (χ1n) is 9.67. The fourth-order valence-electron chi connectivity index (χ4n) is 3.32. The van der Waals surface area contributed by atoms with Crippen LogP contribution in [0.5, 0.6) is 0 Å². The fourth-order valence-corrected chi connectivity index (χ4v) is 4.75. The van der Waals surface area contributed by atoms with Gasteiger partial charge < -0.3 is 5.32 Å². The standard InChI is InChI=1S/C22H27N3O3S/c1-3-11-23-22(26)20-6-4-5-19(16-20)17-24-12-14-25(15-13-24)29(27,28)21-9-7-18(2)8-10-21/h3-10,16H,1,11-15,17H2,2H3,(H,23,26). The zero-order chi connectivity index (χ0) is 20.9. The average molecular weight is 414 g/mol. The average Bonchev–Trinajstić information content (AvgIpc) is 2.73. The van der Waals surface area contributed by atoms with Crippen LogP contribution in [0.3, 0.4) is 0 Å². The van der Waals surface area contributed by atoms with Crippen LogP contribution in [0.4, 0.5) is 0 Å². The molecule has 0 spiro atoms. The molecule has 2 aromatic carbocycles. The van der Waals surface area contributed by atoms with Gasteiger partial charge in [-0.05, 0) is 36.8 Å². The van der Waals surface area contributed by atoms with Crippen molar-refractivity contribution in [3.05, 3.63) is 77.9 Å². The Labute approximate surface area is 172 Å². The number of benzene rings is 2. The molecule has 1 saturated heterocycles. The van der Waals surface area contributed by atoms with Crippen LogP contribution < -0.4 is 5.32 Å². The van der Waals surface area contributed by atoms with Gasteiger partial charge in [0.15, 0.2) is 0 Å². The lowest BCUT2D eigenvalue weighted by atomic mass is 10.1. The molecule has 0 unspecified atom stereocenters. The molecular weight excluding hydrogens is 386 g/mol. The molecule has 0 saturated carbocycles.